The first kappa shape index (κ1) is 17.1. The summed E-state index contributed by atoms with van der Waals surface area (Å²) < 4.78 is 4.71. The van der Waals surface area contributed by atoms with Crippen LogP contribution in [0.4, 0.5) is 0 Å². The average molecular weight is 280 g/mol. The zero-order chi connectivity index (χ0) is 14.8. The largest absolute Gasteiger partial charge is 0.480 e. The molecule has 10 heteroatoms. The lowest BCUT2D eigenvalue weighted by molar-refractivity contribution is -0.759. The van der Waals surface area contributed by atoms with E-state index in [-0.39, 0.29) is 19.4 Å². The van der Waals surface area contributed by atoms with Gasteiger partial charge in [0.15, 0.2) is 0 Å². The number of nitrogens with zero attached hydrogens (tertiary/aromatic N) is 1. The van der Waals surface area contributed by atoms with Gasteiger partial charge in [0.25, 0.3) is 5.09 Å². The van der Waals surface area contributed by atoms with Crippen molar-refractivity contribution in [1.82, 2.24) is 0 Å². The van der Waals surface area contributed by atoms with Gasteiger partial charge < -0.3 is 25.5 Å². The summed E-state index contributed by atoms with van der Waals surface area (Å²) in [5, 5.41) is 26.2. The Morgan fingerprint density at radius 2 is 2.00 bits per heavy atom. The van der Waals surface area contributed by atoms with Gasteiger partial charge in [0.1, 0.15) is 12.6 Å². The van der Waals surface area contributed by atoms with Crippen molar-refractivity contribution in [2.45, 2.75) is 18.9 Å². The standard InChI is InChI=1S/C9H16N2O8/c10-7(9(14)15)1-2-8(13)18-4-6(3-12)5-19-11(16)17/h6-7,12H,1-5,10H2,(H,14,15). The van der Waals surface area contributed by atoms with Crippen LogP contribution in [0.15, 0.2) is 0 Å². The minimum atomic E-state index is -1.22. The number of ether oxygens (including phenoxy) is 1. The molecule has 0 saturated carbocycles. The first-order valence-electron chi connectivity index (χ1n) is 5.39. The maximum Gasteiger partial charge on any atom is 0.320 e. The molecule has 0 heterocycles. The predicted octanol–water partition coefficient (Wildman–Crippen LogP) is -1.46. The molecule has 0 aliphatic rings. The Kier molecular flexibility index (Phi) is 8.13. The SMILES string of the molecule is NC(CCC(=O)OCC(CO)CO[N+](=O)[O-])C(=O)O. The van der Waals surface area contributed by atoms with Crippen LogP contribution in [-0.2, 0) is 19.2 Å². The Balaban J connectivity index is 3.86. The first-order valence-corrected chi connectivity index (χ1v) is 5.39. The third kappa shape index (κ3) is 8.74. The van der Waals surface area contributed by atoms with E-state index < -0.39 is 42.2 Å². The fourth-order valence-electron chi connectivity index (χ4n) is 1.000. The van der Waals surface area contributed by atoms with Gasteiger partial charge in [-0.3, -0.25) is 9.59 Å². The van der Waals surface area contributed by atoms with Gasteiger partial charge in [0, 0.05) is 12.3 Å². The van der Waals surface area contributed by atoms with Crippen LogP contribution in [0.5, 0.6) is 0 Å². The molecule has 0 aromatic carbocycles. The van der Waals surface area contributed by atoms with E-state index in [0.717, 1.165) is 0 Å². The predicted molar refractivity (Wildman–Crippen MR) is 59.3 cm³/mol. The van der Waals surface area contributed by atoms with Crippen molar-refractivity contribution in [3.05, 3.63) is 10.1 Å². The van der Waals surface area contributed by atoms with Crippen molar-refractivity contribution >= 4 is 11.9 Å². The van der Waals surface area contributed by atoms with E-state index in [2.05, 4.69) is 4.84 Å². The molecule has 0 aromatic heterocycles. The van der Waals surface area contributed by atoms with Gasteiger partial charge in [-0.15, -0.1) is 10.1 Å². The monoisotopic (exact) mass is 280 g/mol. The van der Waals surface area contributed by atoms with E-state index in [4.69, 9.17) is 20.7 Å². The quantitative estimate of drug-likeness (QED) is 0.246. The van der Waals surface area contributed by atoms with Gasteiger partial charge >= 0.3 is 11.9 Å². The highest BCUT2D eigenvalue weighted by Crippen LogP contribution is 2.02. The van der Waals surface area contributed by atoms with Crippen LogP contribution in [0.2, 0.25) is 0 Å². The number of aliphatic hydroxyl groups excluding tert-OH is 1. The van der Waals surface area contributed by atoms with Crippen LogP contribution in [0.1, 0.15) is 12.8 Å². The molecule has 2 atom stereocenters. The number of carboxylic acid groups (broad SMARTS) is 1. The van der Waals surface area contributed by atoms with E-state index in [1.807, 2.05) is 0 Å². The highest BCUT2D eigenvalue weighted by molar-refractivity contribution is 5.75. The summed E-state index contributed by atoms with van der Waals surface area (Å²) in [4.78, 5) is 35.5. The molecule has 0 fully saturated rings. The Hall–Kier alpha value is -1.94. The van der Waals surface area contributed by atoms with E-state index in [1.54, 1.807) is 0 Å². The van der Waals surface area contributed by atoms with Crippen LogP contribution in [0.25, 0.3) is 0 Å². The number of carbonyl (C=O) groups is 2. The lowest BCUT2D eigenvalue weighted by Crippen LogP contribution is -2.31. The molecule has 0 amide bonds. The van der Waals surface area contributed by atoms with Crippen LogP contribution in [0.3, 0.4) is 0 Å². The van der Waals surface area contributed by atoms with Gasteiger partial charge in [0.2, 0.25) is 0 Å². The van der Waals surface area contributed by atoms with E-state index in [1.165, 1.54) is 0 Å². The van der Waals surface area contributed by atoms with Crippen LogP contribution in [-0.4, -0.2) is 53.1 Å². The summed E-state index contributed by atoms with van der Waals surface area (Å²) in [6.45, 7) is -1.10. The van der Waals surface area contributed by atoms with Crippen LogP contribution < -0.4 is 5.73 Å². The molecule has 10 nitrogen and oxygen atoms in total. The summed E-state index contributed by atoms with van der Waals surface area (Å²) >= 11 is 0. The summed E-state index contributed by atoms with van der Waals surface area (Å²) in [5.74, 6) is -2.64. The van der Waals surface area contributed by atoms with E-state index in [0.29, 0.717) is 0 Å². The molecule has 2 unspecified atom stereocenters. The highest BCUT2D eigenvalue weighted by atomic mass is 16.9. The second-order valence-corrected chi connectivity index (χ2v) is 3.73. The van der Waals surface area contributed by atoms with Crippen LogP contribution >= 0.6 is 0 Å². The third-order valence-electron chi connectivity index (χ3n) is 2.13. The number of aliphatic hydroxyl groups is 1. The molecule has 0 rings (SSSR count). The van der Waals surface area contributed by atoms with Gasteiger partial charge in [-0.25, -0.2) is 0 Å². The molecule has 110 valence electrons. The Bertz CT molecular complexity index is 321. The molecular formula is C9H16N2O8. The zero-order valence-corrected chi connectivity index (χ0v) is 10.1. The second kappa shape index (κ2) is 9.05. The van der Waals surface area contributed by atoms with Gasteiger partial charge in [0.05, 0.1) is 13.2 Å². The molecule has 0 aliphatic heterocycles. The Morgan fingerprint density at radius 3 is 2.47 bits per heavy atom. The van der Waals surface area contributed by atoms with E-state index in [9.17, 15) is 19.7 Å². The Morgan fingerprint density at radius 1 is 1.37 bits per heavy atom. The normalized spacial score (nSPS) is 13.4. The fourth-order valence-corrected chi connectivity index (χ4v) is 1.000. The molecule has 0 spiro atoms. The minimum absolute atomic E-state index is 0.0800. The summed E-state index contributed by atoms with van der Waals surface area (Å²) in [5.41, 5.74) is 5.19. The molecule has 0 radical (unpaired) electrons. The number of nitrogens with two attached hydrogens (primary N) is 1. The number of aliphatic carboxylic acids is 1. The van der Waals surface area contributed by atoms with Gasteiger partial charge in [-0.1, -0.05) is 0 Å². The number of carbonyl (C=O) groups excluding carboxylic acids is 1. The number of hydrogen-bond acceptors (Lipinski definition) is 8. The molecule has 0 saturated heterocycles. The third-order valence-corrected chi connectivity index (χ3v) is 2.13. The average Bonchev–Trinajstić information content (AvgIpc) is 2.35. The van der Waals surface area contributed by atoms with Gasteiger partial charge in [-0.05, 0) is 6.42 Å². The smallest absolute Gasteiger partial charge is 0.320 e. The lowest BCUT2D eigenvalue weighted by atomic mass is 10.1. The molecule has 0 aromatic rings. The molecule has 19 heavy (non-hydrogen) atoms. The molecule has 4 N–H and O–H groups in total. The fraction of sp³-hybridized carbons (Fsp3) is 0.778. The van der Waals surface area contributed by atoms with E-state index >= 15 is 0 Å². The number of hydrogen-bond donors (Lipinski definition) is 3. The van der Waals surface area contributed by atoms with Crippen molar-refractivity contribution in [3.8, 4) is 0 Å². The van der Waals surface area contributed by atoms with Crippen molar-refractivity contribution in [2.75, 3.05) is 19.8 Å². The maximum absolute atomic E-state index is 11.2. The number of carboxylic acids is 1. The Labute approximate surface area is 108 Å². The maximum atomic E-state index is 11.2. The van der Waals surface area contributed by atoms with Crippen LogP contribution in [0, 0.1) is 16.0 Å². The number of esters is 1. The highest BCUT2D eigenvalue weighted by Gasteiger charge is 2.16. The van der Waals surface area contributed by atoms with Gasteiger partial charge in [-0.2, -0.15) is 0 Å². The van der Waals surface area contributed by atoms with Crippen molar-refractivity contribution in [2.24, 2.45) is 11.7 Å². The zero-order valence-electron chi connectivity index (χ0n) is 10.1. The van der Waals surface area contributed by atoms with Crippen molar-refractivity contribution in [1.29, 1.82) is 0 Å². The van der Waals surface area contributed by atoms with Crippen molar-refractivity contribution in [3.63, 3.8) is 0 Å². The second-order valence-electron chi connectivity index (χ2n) is 3.73. The molecule has 0 aliphatic carbocycles. The lowest BCUT2D eigenvalue weighted by Gasteiger charge is -2.13. The number of rotatable bonds is 10. The van der Waals surface area contributed by atoms with Crippen molar-refractivity contribution < 1.29 is 34.5 Å². The first-order chi connectivity index (χ1) is 8.86. The topological polar surface area (TPSA) is 162 Å². The summed E-state index contributed by atoms with van der Waals surface area (Å²) in [6, 6.07) is -1.15. The summed E-state index contributed by atoms with van der Waals surface area (Å²) in [6.07, 6.45) is -0.273. The molecule has 0 bridgehead atoms. The summed E-state index contributed by atoms with van der Waals surface area (Å²) in [7, 11) is 0. The minimum Gasteiger partial charge on any atom is -0.480 e. The molecular weight excluding hydrogens is 264 g/mol.